The fraction of sp³-hybridized carbons (Fsp3) is 0.310. The minimum atomic E-state index is -1.48. The number of hydrogen-bond acceptors (Lipinski definition) is 2. The molecule has 4 aromatic rings. The van der Waals surface area contributed by atoms with Crippen LogP contribution in [0.25, 0.3) is 32.7 Å². The smallest absolute Gasteiger partial charge is 0.130 e. The minimum Gasteiger partial charge on any atom is -0.496 e. The Hall–Kier alpha value is -2.47. The van der Waals surface area contributed by atoms with Crippen LogP contribution < -0.4 is 14.6 Å². The van der Waals surface area contributed by atoms with Gasteiger partial charge >= 0.3 is 0 Å². The molecule has 0 bridgehead atoms. The molecule has 0 saturated carbocycles. The highest BCUT2D eigenvalue weighted by Crippen LogP contribution is 2.45. The van der Waals surface area contributed by atoms with Gasteiger partial charge in [0.15, 0.2) is 0 Å². The van der Waals surface area contributed by atoms with E-state index >= 15 is 0 Å². The molecule has 1 unspecified atom stereocenters. The summed E-state index contributed by atoms with van der Waals surface area (Å²) in [5, 5.41) is 5.97. The molecule has 178 valence electrons. The lowest BCUT2D eigenvalue weighted by Gasteiger charge is -2.23. The summed E-state index contributed by atoms with van der Waals surface area (Å²) < 4.78 is 23.0. The molecule has 34 heavy (non-hydrogen) atoms. The van der Waals surface area contributed by atoms with Crippen molar-refractivity contribution in [2.24, 2.45) is 0 Å². The molecule has 1 atom stereocenters. The molecule has 4 rings (SSSR count). The molecular formula is C29H35NO2SSi. The number of fused-ring (bicyclic) bond motifs is 2. The average Bonchev–Trinajstić information content (AvgIpc) is 2.75. The Balaban J connectivity index is 2.20. The van der Waals surface area contributed by atoms with Gasteiger partial charge in [-0.25, -0.2) is 8.93 Å². The summed E-state index contributed by atoms with van der Waals surface area (Å²) in [5.41, 5.74) is 4.11. The first-order valence-electron chi connectivity index (χ1n) is 11.9. The first-order valence-corrected chi connectivity index (χ1v) is 16.5. The van der Waals surface area contributed by atoms with Crippen molar-refractivity contribution in [2.45, 2.75) is 58.3 Å². The van der Waals surface area contributed by atoms with Crippen LogP contribution in [0, 0.1) is 13.8 Å². The van der Waals surface area contributed by atoms with Crippen LogP contribution >= 0.6 is 0 Å². The van der Waals surface area contributed by atoms with Crippen molar-refractivity contribution in [1.82, 2.24) is 4.72 Å². The molecular weight excluding hydrogens is 454 g/mol. The van der Waals surface area contributed by atoms with Crippen molar-refractivity contribution in [2.75, 3.05) is 7.11 Å². The molecule has 0 spiro atoms. The van der Waals surface area contributed by atoms with Gasteiger partial charge in [0.05, 0.1) is 20.1 Å². The van der Waals surface area contributed by atoms with Gasteiger partial charge in [-0.1, -0.05) is 73.4 Å². The predicted octanol–water partition coefficient (Wildman–Crippen LogP) is 6.85. The maximum Gasteiger partial charge on any atom is 0.130 e. The molecule has 0 fully saturated rings. The van der Waals surface area contributed by atoms with Gasteiger partial charge in [-0.05, 0) is 66.4 Å². The zero-order chi connectivity index (χ0) is 24.8. The second-order valence-corrected chi connectivity index (χ2v) is 16.7. The first-order chi connectivity index (χ1) is 16.0. The van der Waals surface area contributed by atoms with Crippen LogP contribution in [0.3, 0.4) is 0 Å². The standard InChI is InChI=1S/C29H35NO2SSi/c1-18(2)30-33(31)29-20(4)16-21-11-9-10-12-24(21)27(29)26-25-14-13-23(34(6,7)8)17-22(25)15-19(3)28(26)32-5/h9-18,30H,1-8H3. The minimum absolute atomic E-state index is 0.0926. The van der Waals surface area contributed by atoms with E-state index in [1.54, 1.807) is 7.11 Å². The summed E-state index contributed by atoms with van der Waals surface area (Å²) in [7, 11) is -1.12. The van der Waals surface area contributed by atoms with Crippen molar-refractivity contribution in [3.63, 3.8) is 0 Å². The zero-order valence-electron chi connectivity index (χ0n) is 21.5. The third-order valence-corrected chi connectivity index (χ3v) is 9.94. The Labute approximate surface area is 207 Å². The normalized spacial score (nSPS) is 13.1. The fourth-order valence-corrected chi connectivity index (χ4v) is 7.20. The van der Waals surface area contributed by atoms with E-state index in [1.165, 1.54) is 10.6 Å². The number of aryl methyl sites for hydroxylation is 2. The van der Waals surface area contributed by atoms with Gasteiger partial charge in [0.1, 0.15) is 16.7 Å². The quantitative estimate of drug-likeness (QED) is 0.301. The van der Waals surface area contributed by atoms with Crippen molar-refractivity contribution in [3.8, 4) is 16.9 Å². The Bertz CT molecular complexity index is 1420. The highest BCUT2D eigenvalue weighted by atomic mass is 32.2. The first kappa shape index (κ1) is 24.6. The van der Waals surface area contributed by atoms with E-state index in [9.17, 15) is 4.21 Å². The van der Waals surface area contributed by atoms with E-state index in [4.69, 9.17) is 4.74 Å². The monoisotopic (exact) mass is 489 g/mol. The molecule has 0 aromatic heterocycles. The SMILES string of the molecule is COc1c(C)cc2cc([Si](C)(C)C)ccc2c1-c1c(S(=O)NC(C)C)c(C)cc2ccccc12. The number of hydrogen-bond donors (Lipinski definition) is 1. The van der Waals surface area contributed by atoms with Crippen LogP contribution in [0.4, 0.5) is 0 Å². The number of benzene rings is 4. The predicted molar refractivity (Wildman–Crippen MR) is 151 cm³/mol. The molecule has 0 aliphatic carbocycles. The Morgan fingerprint density at radius 3 is 2.15 bits per heavy atom. The van der Waals surface area contributed by atoms with E-state index in [0.29, 0.717) is 0 Å². The number of nitrogens with one attached hydrogen (secondary N) is 1. The van der Waals surface area contributed by atoms with Gasteiger partial charge in [0, 0.05) is 17.2 Å². The van der Waals surface area contributed by atoms with Crippen LogP contribution in [-0.4, -0.2) is 25.4 Å². The van der Waals surface area contributed by atoms with E-state index in [-0.39, 0.29) is 6.04 Å². The van der Waals surface area contributed by atoms with Crippen LogP contribution in [0.15, 0.2) is 59.5 Å². The molecule has 0 amide bonds. The molecule has 0 saturated heterocycles. The largest absolute Gasteiger partial charge is 0.496 e. The molecule has 0 aliphatic heterocycles. The van der Waals surface area contributed by atoms with E-state index in [0.717, 1.165) is 49.1 Å². The van der Waals surface area contributed by atoms with Crippen molar-refractivity contribution >= 4 is 45.8 Å². The van der Waals surface area contributed by atoms with E-state index in [2.05, 4.69) is 92.8 Å². The van der Waals surface area contributed by atoms with Gasteiger partial charge in [0.25, 0.3) is 0 Å². The summed E-state index contributed by atoms with van der Waals surface area (Å²) in [4.78, 5) is 0.826. The molecule has 0 aliphatic rings. The Morgan fingerprint density at radius 2 is 1.50 bits per heavy atom. The van der Waals surface area contributed by atoms with Crippen molar-refractivity contribution < 1.29 is 8.95 Å². The molecule has 0 heterocycles. The van der Waals surface area contributed by atoms with Gasteiger partial charge in [0.2, 0.25) is 0 Å². The topological polar surface area (TPSA) is 38.3 Å². The van der Waals surface area contributed by atoms with Crippen molar-refractivity contribution in [1.29, 1.82) is 0 Å². The van der Waals surface area contributed by atoms with Crippen molar-refractivity contribution in [3.05, 3.63) is 65.7 Å². The second-order valence-electron chi connectivity index (χ2n) is 10.4. The summed E-state index contributed by atoms with van der Waals surface area (Å²) in [5.74, 6) is 0.840. The lowest BCUT2D eigenvalue weighted by molar-refractivity contribution is 0.414. The molecule has 1 N–H and O–H groups in total. The summed E-state index contributed by atoms with van der Waals surface area (Å²) in [6.45, 7) is 15.3. The molecule has 4 aromatic carbocycles. The van der Waals surface area contributed by atoms with Crippen LogP contribution in [0.5, 0.6) is 5.75 Å². The number of rotatable bonds is 6. The molecule has 3 nitrogen and oxygen atoms in total. The second kappa shape index (κ2) is 9.29. The Morgan fingerprint density at radius 1 is 0.853 bits per heavy atom. The van der Waals surface area contributed by atoms with Gasteiger partial charge in [-0.15, -0.1) is 0 Å². The van der Waals surface area contributed by atoms with Gasteiger partial charge < -0.3 is 4.74 Å². The lowest BCUT2D eigenvalue weighted by atomic mass is 9.90. The third-order valence-electron chi connectivity index (χ3n) is 6.31. The Kier molecular flexibility index (Phi) is 6.73. The van der Waals surface area contributed by atoms with E-state index in [1.807, 2.05) is 13.8 Å². The van der Waals surface area contributed by atoms with Crippen LogP contribution in [0.2, 0.25) is 19.6 Å². The fourth-order valence-electron chi connectivity index (χ4n) is 4.73. The maximum absolute atomic E-state index is 13.7. The van der Waals surface area contributed by atoms with Crippen LogP contribution in [0.1, 0.15) is 25.0 Å². The average molecular weight is 490 g/mol. The summed E-state index contributed by atoms with van der Waals surface area (Å²) in [6.07, 6.45) is 0. The summed E-state index contributed by atoms with van der Waals surface area (Å²) in [6, 6.07) is 19.7. The molecule has 0 radical (unpaired) electrons. The van der Waals surface area contributed by atoms with Gasteiger partial charge in [-0.3, -0.25) is 0 Å². The maximum atomic E-state index is 13.7. The highest BCUT2D eigenvalue weighted by molar-refractivity contribution is 7.83. The molecule has 5 heteroatoms. The lowest BCUT2D eigenvalue weighted by Crippen LogP contribution is -2.37. The highest BCUT2D eigenvalue weighted by Gasteiger charge is 2.25. The summed E-state index contributed by atoms with van der Waals surface area (Å²) >= 11 is 0. The van der Waals surface area contributed by atoms with Gasteiger partial charge in [-0.2, -0.15) is 0 Å². The van der Waals surface area contributed by atoms with Crippen LogP contribution in [-0.2, 0) is 11.0 Å². The van der Waals surface area contributed by atoms with E-state index < -0.39 is 19.1 Å². The number of ether oxygens (including phenoxy) is 1. The number of methoxy groups -OCH3 is 1. The third kappa shape index (κ3) is 4.44. The zero-order valence-corrected chi connectivity index (χ0v) is 23.3.